The van der Waals surface area contributed by atoms with Crippen molar-refractivity contribution in [1.29, 1.82) is 0 Å². The van der Waals surface area contributed by atoms with E-state index in [4.69, 9.17) is 4.74 Å². The Morgan fingerprint density at radius 1 is 1.24 bits per heavy atom. The summed E-state index contributed by atoms with van der Waals surface area (Å²) in [6.07, 6.45) is 0.572. The maximum Gasteiger partial charge on any atom is 0.321 e. The van der Waals surface area contributed by atoms with Crippen LogP contribution in [0.5, 0.6) is 0 Å². The highest BCUT2D eigenvalue weighted by Gasteiger charge is 2.49. The number of piperazine rings is 1. The summed E-state index contributed by atoms with van der Waals surface area (Å²) in [6.45, 7) is 5.59. The molecular weight excluding hydrogens is 378 g/mol. The summed E-state index contributed by atoms with van der Waals surface area (Å²) in [7, 11) is 4.63. The third-order valence-corrected chi connectivity index (χ3v) is 5.35. The summed E-state index contributed by atoms with van der Waals surface area (Å²) in [5, 5.41) is 2.47. The van der Waals surface area contributed by atoms with Crippen molar-refractivity contribution in [3.05, 3.63) is 0 Å². The van der Waals surface area contributed by atoms with E-state index in [1.165, 1.54) is 23.9 Å². The van der Waals surface area contributed by atoms with Gasteiger partial charge in [-0.2, -0.15) is 0 Å². The molecule has 10 heteroatoms. The van der Waals surface area contributed by atoms with E-state index in [2.05, 4.69) is 5.32 Å². The van der Waals surface area contributed by atoms with Crippen LogP contribution in [0.25, 0.3) is 0 Å². The van der Waals surface area contributed by atoms with Gasteiger partial charge in [0.15, 0.2) is 0 Å². The van der Waals surface area contributed by atoms with Crippen LogP contribution in [0, 0.1) is 5.92 Å². The molecule has 0 aromatic carbocycles. The van der Waals surface area contributed by atoms with Gasteiger partial charge in [0, 0.05) is 40.8 Å². The van der Waals surface area contributed by atoms with Gasteiger partial charge in [-0.3, -0.25) is 14.4 Å². The van der Waals surface area contributed by atoms with Crippen molar-refractivity contribution in [2.75, 3.05) is 60.5 Å². The lowest BCUT2D eigenvalue weighted by Crippen LogP contribution is -2.61. The minimum Gasteiger partial charge on any atom is -0.383 e. The maximum atomic E-state index is 13.0. The SMILES string of the molecule is CNC(=O)CN(C)C(=O)CN1C[C@@H]2CN(CCOC)C(=O)[C@H](CC(C)C)N2C1=O. The van der Waals surface area contributed by atoms with Gasteiger partial charge in [0.25, 0.3) is 0 Å². The Balaban J connectivity index is 2.12. The number of carbonyl (C=O) groups is 4. The lowest BCUT2D eigenvalue weighted by molar-refractivity contribution is -0.143. The molecule has 0 aromatic heterocycles. The second-order valence-corrected chi connectivity index (χ2v) is 8.07. The number of likely N-dealkylation sites (N-methyl/N-ethyl adjacent to an activating group) is 2. The second kappa shape index (κ2) is 9.91. The van der Waals surface area contributed by atoms with Crippen LogP contribution in [-0.2, 0) is 19.1 Å². The molecule has 0 aliphatic carbocycles. The van der Waals surface area contributed by atoms with Gasteiger partial charge in [0.1, 0.15) is 12.6 Å². The first-order chi connectivity index (χ1) is 13.7. The predicted molar refractivity (Wildman–Crippen MR) is 106 cm³/mol. The number of ether oxygens (including phenoxy) is 1. The molecule has 5 amide bonds. The Bertz CT molecular complexity index is 640. The molecule has 2 saturated heterocycles. The molecule has 2 fully saturated rings. The van der Waals surface area contributed by atoms with Crippen LogP contribution in [0.2, 0.25) is 0 Å². The topological polar surface area (TPSA) is 102 Å². The van der Waals surface area contributed by atoms with Crippen molar-refractivity contribution in [3.8, 4) is 0 Å². The summed E-state index contributed by atoms with van der Waals surface area (Å²) < 4.78 is 5.12. The number of fused-ring (bicyclic) bond motifs is 1. The van der Waals surface area contributed by atoms with Crippen LogP contribution >= 0.6 is 0 Å². The van der Waals surface area contributed by atoms with Crippen molar-refractivity contribution >= 4 is 23.8 Å². The molecule has 0 bridgehead atoms. The van der Waals surface area contributed by atoms with Crippen molar-refractivity contribution in [2.45, 2.75) is 32.4 Å². The van der Waals surface area contributed by atoms with Crippen molar-refractivity contribution in [2.24, 2.45) is 5.92 Å². The largest absolute Gasteiger partial charge is 0.383 e. The van der Waals surface area contributed by atoms with Gasteiger partial charge in [-0.25, -0.2) is 4.79 Å². The van der Waals surface area contributed by atoms with E-state index in [1.54, 1.807) is 16.9 Å². The number of methoxy groups -OCH3 is 1. The normalized spacial score (nSPS) is 21.7. The third kappa shape index (κ3) is 5.37. The molecule has 0 unspecified atom stereocenters. The molecule has 0 saturated carbocycles. The molecule has 2 atom stereocenters. The average Bonchev–Trinajstić information content (AvgIpc) is 2.97. The molecule has 29 heavy (non-hydrogen) atoms. The minimum atomic E-state index is -0.526. The molecular formula is C19H33N5O5. The standard InChI is InChI=1S/C19H33N5O5/c1-13(2)8-15-18(27)22(6-7-29-5)9-14-10-23(19(28)24(14)15)12-17(26)21(4)11-16(25)20-3/h13-15H,6-12H2,1-5H3,(H,20,25)/t14-,15-/m0/s1. The first kappa shape index (κ1) is 22.9. The lowest BCUT2D eigenvalue weighted by Gasteiger charge is -2.42. The van der Waals surface area contributed by atoms with Crippen LogP contribution < -0.4 is 5.32 Å². The number of rotatable bonds is 9. The van der Waals surface area contributed by atoms with Crippen LogP contribution in [0.4, 0.5) is 4.79 Å². The Morgan fingerprint density at radius 2 is 1.90 bits per heavy atom. The highest BCUT2D eigenvalue weighted by molar-refractivity contribution is 5.92. The van der Waals surface area contributed by atoms with E-state index in [-0.39, 0.29) is 48.8 Å². The average molecular weight is 412 g/mol. The van der Waals surface area contributed by atoms with Crippen molar-refractivity contribution in [1.82, 2.24) is 24.9 Å². The highest BCUT2D eigenvalue weighted by atomic mass is 16.5. The summed E-state index contributed by atoms with van der Waals surface area (Å²) in [4.78, 5) is 56.2. The zero-order valence-corrected chi connectivity index (χ0v) is 18.0. The van der Waals surface area contributed by atoms with Crippen LogP contribution in [-0.4, -0.2) is 116 Å². The molecule has 2 rings (SSSR count). The molecule has 0 radical (unpaired) electrons. The Kier molecular flexibility index (Phi) is 7.83. The molecule has 1 N–H and O–H groups in total. The van der Waals surface area contributed by atoms with Gasteiger partial charge in [-0.15, -0.1) is 0 Å². The third-order valence-electron chi connectivity index (χ3n) is 5.35. The van der Waals surface area contributed by atoms with E-state index >= 15 is 0 Å². The van der Waals surface area contributed by atoms with E-state index in [0.29, 0.717) is 32.7 Å². The van der Waals surface area contributed by atoms with Gasteiger partial charge in [0.05, 0.1) is 19.2 Å². The number of nitrogens with one attached hydrogen (secondary N) is 1. The summed E-state index contributed by atoms with van der Waals surface area (Å²) in [5.41, 5.74) is 0. The molecule has 2 heterocycles. The molecule has 10 nitrogen and oxygen atoms in total. The predicted octanol–water partition coefficient (Wildman–Crippen LogP) is -0.800. The monoisotopic (exact) mass is 411 g/mol. The van der Waals surface area contributed by atoms with E-state index < -0.39 is 6.04 Å². The van der Waals surface area contributed by atoms with Gasteiger partial charge in [-0.05, 0) is 12.3 Å². The molecule has 2 aliphatic rings. The smallest absolute Gasteiger partial charge is 0.321 e. The number of nitrogens with zero attached hydrogens (tertiary/aromatic N) is 4. The van der Waals surface area contributed by atoms with E-state index in [1.807, 2.05) is 13.8 Å². The van der Waals surface area contributed by atoms with E-state index in [9.17, 15) is 19.2 Å². The molecule has 0 aromatic rings. The Labute approximate surface area is 172 Å². The number of urea groups is 1. The lowest BCUT2D eigenvalue weighted by atomic mass is 9.97. The second-order valence-electron chi connectivity index (χ2n) is 8.07. The highest BCUT2D eigenvalue weighted by Crippen LogP contribution is 2.29. The van der Waals surface area contributed by atoms with Gasteiger partial charge in [0.2, 0.25) is 17.7 Å². The number of carbonyl (C=O) groups excluding carboxylic acids is 4. The first-order valence-electron chi connectivity index (χ1n) is 9.99. The zero-order valence-electron chi connectivity index (χ0n) is 18.0. The number of hydrogen-bond acceptors (Lipinski definition) is 5. The van der Waals surface area contributed by atoms with Gasteiger partial charge < -0.3 is 29.7 Å². The molecule has 2 aliphatic heterocycles. The fraction of sp³-hybridized carbons (Fsp3) is 0.789. The summed E-state index contributed by atoms with van der Waals surface area (Å²) >= 11 is 0. The summed E-state index contributed by atoms with van der Waals surface area (Å²) in [6, 6.07) is -0.971. The Morgan fingerprint density at radius 3 is 2.48 bits per heavy atom. The van der Waals surface area contributed by atoms with Crippen LogP contribution in [0.15, 0.2) is 0 Å². The minimum absolute atomic E-state index is 0.0646. The van der Waals surface area contributed by atoms with Crippen LogP contribution in [0.1, 0.15) is 20.3 Å². The van der Waals surface area contributed by atoms with Gasteiger partial charge >= 0.3 is 6.03 Å². The fourth-order valence-corrected chi connectivity index (χ4v) is 3.81. The maximum absolute atomic E-state index is 13.0. The summed E-state index contributed by atoms with van der Waals surface area (Å²) in [5.74, 6) is -0.411. The first-order valence-corrected chi connectivity index (χ1v) is 9.99. The number of hydrogen-bond donors (Lipinski definition) is 1. The quantitative estimate of drug-likeness (QED) is 0.535. The van der Waals surface area contributed by atoms with E-state index in [0.717, 1.165) is 0 Å². The number of amides is 5. The van der Waals surface area contributed by atoms with Gasteiger partial charge in [-0.1, -0.05) is 13.8 Å². The molecule has 164 valence electrons. The van der Waals surface area contributed by atoms with Crippen molar-refractivity contribution < 1.29 is 23.9 Å². The van der Waals surface area contributed by atoms with Crippen molar-refractivity contribution in [3.63, 3.8) is 0 Å². The zero-order chi connectivity index (χ0) is 21.7. The molecule has 0 spiro atoms. The fourth-order valence-electron chi connectivity index (χ4n) is 3.81. The Hall–Kier alpha value is -2.36. The van der Waals surface area contributed by atoms with Crippen LogP contribution in [0.3, 0.4) is 0 Å².